The highest BCUT2D eigenvalue weighted by molar-refractivity contribution is 5.46. The maximum atomic E-state index is 12.9. The average molecular weight is 293 g/mol. The molecule has 1 N–H and O–H groups in total. The van der Waals surface area contributed by atoms with E-state index in [1.807, 2.05) is 36.4 Å². The van der Waals surface area contributed by atoms with E-state index >= 15 is 0 Å². The first-order chi connectivity index (χ1) is 10.7. The van der Waals surface area contributed by atoms with Crippen molar-refractivity contribution in [2.24, 2.45) is 0 Å². The van der Waals surface area contributed by atoms with Gasteiger partial charge in [0.1, 0.15) is 5.82 Å². The maximum Gasteiger partial charge on any atom is 0.341 e. The number of hydrogen-bond donors (Lipinski definition) is 1. The van der Waals surface area contributed by atoms with Crippen molar-refractivity contribution in [1.82, 2.24) is 9.13 Å². The smallest absolute Gasteiger partial charge is 0.341 e. The number of anilines is 1. The summed E-state index contributed by atoms with van der Waals surface area (Å²) in [6.07, 6.45) is 0. The van der Waals surface area contributed by atoms with Crippen LogP contribution in [-0.2, 0) is 0 Å². The Balaban J connectivity index is 2.36. The second-order valence-electron chi connectivity index (χ2n) is 4.74. The summed E-state index contributed by atoms with van der Waals surface area (Å²) in [5, 5.41) is 2.90. The molecule has 1 aromatic heterocycles. The normalized spacial score (nSPS) is 10.4. The lowest BCUT2D eigenvalue weighted by Crippen LogP contribution is -2.38. The van der Waals surface area contributed by atoms with Gasteiger partial charge in [-0.1, -0.05) is 36.4 Å². The molecule has 3 rings (SSSR count). The molecule has 110 valence electrons. The topological polar surface area (TPSA) is 56.0 Å². The van der Waals surface area contributed by atoms with E-state index in [1.165, 1.54) is 10.6 Å². The molecule has 0 spiro atoms. The van der Waals surface area contributed by atoms with Crippen molar-refractivity contribution >= 4 is 5.82 Å². The quantitative estimate of drug-likeness (QED) is 0.804. The highest BCUT2D eigenvalue weighted by Crippen LogP contribution is 2.11. The van der Waals surface area contributed by atoms with Crippen LogP contribution in [0.25, 0.3) is 11.4 Å². The molecule has 0 saturated carbocycles. The van der Waals surface area contributed by atoms with Crippen molar-refractivity contribution < 1.29 is 0 Å². The molecule has 1 heterocycles. The van der Waals surface area contributed by atoms with Crippen molar-refractivity contribution in [2.75, 3.05) is 12.4 Å². The summed E-state index contributed by atoms with van der Waals surface area (Å²) in [4.78, 5) is 25.2. The largest absolute Gasteiger partial charge is 0.374 e. The minimum Gasteiger partial charge on any atom is -0.374 e. The van der Waals surface area contributed by atoms with E-state index in [2.05, 4.69) is 5.32 Å². The summed E-state index contributed by atoms with van der Waals surface area (Å²) in [5.41, 5.74) is 0.466. The average Bonchev–Trinajstić information content (AvgIpc) is 2.56. The van der Waals surface area contributed by atoms with Gasteiger partial charge in [-0.05, 0) is 24.3 Å². The van der Waals surface area contributed by atoms with Crippen LogP contribution in [0, 0.1) is 0 Å². The molecule has 0 radical (unpaired) electrons. The summed E-state index contributed by atoms with van der Waals surface area (Å²) in [6, 6.07) is 19.5. The van der Waals surface area contributed by atoms with Gasteiger partial charge in [0, 0.05) is 13.1 Å². The zero-order chi connectivity index (χ0) is 15.5. The van der Waals surface area contributed by atoms with Crippen molar-refractivity contribution in [3.05, 3.63) is 87.6 Å². The van der Waals surface area contributed by atoms with Crippen LogP contribution >= 0.6 is 0 Å². The van der Waals surface area contributed by atoms with Crippen molar-refractivity contribution in [3.8, 4) is 11.4 Å². The molecular formula is C17H15N3O2. The van der Waals surface area contributed by atoms with E-state index in [4.69, 9.17) is 0 Å². The van der Waals surface area contributed by atoms with Gasteiger partial charge in [-0.3, -0.25) is 4.79 Å². The molecule has 0 aliphatic carbocycles. The van der Waals surface area contributed by atoms with Crippen LogP contribution in [0.15, 0.2) is 76.3 Å². The van der Waals surface area contributed by atoms with E-state index < -0.39 is 5.69 Å². The Kier molecular flexibility index (Phi) is 3.62. The van der Waals surface area contributed by atoms with E-state index in [0.717, 1.165) is 4.57 Å². The molecule has 5 nitrogen and oxygen atoms in total. The first kappa shape index (κ1) is 13.9. The minimum absolute atomic E-state index is 0.368. The van der Waals surface area contributed by atoms with Gasteiger partial charge in [0.25, 0.3) is 5.56 Å². The fourth-order valence-corrected chi connectivity index (χ4v) is 2.37. The van der Waals surface area contributed by atoms with Crippen LogP contribution in [0.2, 0.25) is 0 Å². The molecule has 0 aliphatic rings. The monoisotopic (exact) mass is 293 g/mol. The van der Waals surface area contributed by atoms with Gasteiger partial charge in [-0.25, -0.2) is 13.9 Å². The molecule has 5 heteroatoms. The molecule has 2 aromatic carbocycles. The summed E-state index contributed by atoms with van der Waals surface area (Å²) in [7, 11) is 1.68. The molecule has 0 bridgehead atoms. The third-order valence-electron chi connectivity index (χ3n) is 3.39. The number of nitrogens with one attached hydrogen (secondary N) is 1. The van der Waals surface area contributed by atoms with Crippen LogP contribution in [0.1, 0.15) is 0 Å². The maximum absolute atomic E-state index is 12.9. The van der Waals surface area contributed by atoms with Gasteiger partial charge in [-0.2, -0.15) is 0 Å². The van der Waals surface area contributed by atoms with Gasteiger partial charge < -0.3 is 5.32 Å². The van der Waals surface area contributed by atoms with Crippen LogP contribution in [0.3, 0.4) is 0 Å². The molecule has 0 aliphatic heterocycles. The van der Waals surface area contributed by atoms with Crippen LogP contribution in [0.4, 0.5) is 5.82 Å². The Morgan fingerprint density at radius 3 is 1.77 bits per heavy atom. The first-order valence-corrected chi connectivity index (χ1v) is 6.90. The van der Waals surface area contributed by atoms with Gasteiger partial charge in [-0.15, -0.1) is 0 Å². The van der Waals surface area contributed by atoms with Crippen LogP contribution < -0.4 is 16.6 Å². The summed E-state index contributed by atoms with van der Waals surface area (Å²) >= 11 is 0. The van der Waals surface area contributed by atoms with E-state index in [1.54, 1.807) is 31.3 Å². The molecule has 0 fully saturated rings. The fraction of sp³-hybridized carbons (Fsp3) is 0.0588. The SMILES string of the molecule is CNc1cc(=O)n(-c2ccccc2)c(=O)n1-c1ccccc1. The Morgan fingerprint density at radius 1 is 0.773 bits per heavy atom. The summed E-state index contributed by atoms with van der Waals surface area (Å²) in [6.45, 7) is 0. The zero-order valence-electron chi connectivity index (χ0n) is 12.1. The molecule has 0 atom stereocenters. The number of hydrogen-bond acceptors (Lipinski definition) is 3. The van der Waals surface area contributed by atoms with Crippen molar-refractivity contribution in [2.45, 2.75) is 0 Å². The third kappa shape index (κ3) is 2.33. The number of rotatable bonds is 3. The Morgan fingerprint density at radius 2 is 1.27 bits per heavy atom. The second kappa shape index (κ2) is 5.73. The van der Waals surface area contributed by atoms with E-state index in [0.29, 0.717) is 17.2 Å². The first-order valence-electron chi connectivity index (χ1n) is 6.90. The third-order valence-corrected chi connectivity index (χ3v) is 3.39. The Hall–Kier alpha value is -3.08. The fourth-order valence-electron chi connectivity index (χ4n) is 2.37. The molecule has 0 amide bonds. The summed E-state index contributed by atoms with van der Waals surface area (Å²) < 4.78 is 2.64. The molecule has 0 unspecified atom stereocenters. The minimum atomic E-state index is -0.408. The highest BCUT2D eigenvalue weighted by Gasteiger charge is 2.13. The summed E-state index contributed by atoms with van der Waals surface area (Å²) in [5.74, 6) is 0.452. The van der Waals surface area contributed by atoms with Crippen molar-refractivity contribution in [1.29, 1.82) is 0 Å². The van der Waals surface area contributed by atoms with Crippen LogP contribution in [-0.4, -0.2) is 16.2 Å². The lowest BCUT2D eigenvalue weighted by atomic mass is 10.3. The molecular weight excluding hydrogens is 278 g/mol. The number of para-hydroxylation sites is 2. The second-order valence-corrected chi connectivity index (χ2v) is 4.74. The van der Waals surface area contributed by atoms with Gasteiger partial charge in [0.15, 0.2) is 0 Å². The lowest BCUT2D eigenvalue weighted by Gasteiger charge is -2.15. The van der Waals surface area contributed by atoms with Crippen molar-refractivity contribution in [3.63, 3.8) is 0 Å². The number of benzene rings is 2. The zero-order valence-corrected chi connectivity index (χ0v) is 12.1. The molecule has 3 aromatic rings. The highest BCUT2D eigenvalue weighted by atomic mass is 16.2. The molecule has 0 saturated heterocycles. The predicted molar refractivity (Wildman–Crippen MR) is 87.2 cm³/mol. The number of aromatic nitrogens is 2. The Bertz CT molecular complexity index is 897. The Labute approximate surface area is 127 Å². The van der Waals surface area contributed by atoms with Gasteiger partial charge in [0.05, 0.1) is 11.4 Å². The predicted octanol–water partition coefficient (Wildman–Crippen LogP) is 2.03. The lowest BCUT2D eigenvalue weighted by molar-refractivity contribution is 0.807. The van der Waals surface area contributed by atoms with Crippen LogP contribution in [0.5, 0.6) is 0 Å². The van der Waals surface area contributed by atoms with E-state index in [9.17, 15) is 9.59 Å². The van der Waals surface area contributed by atoms with Gasteiger partial charge >= 0.3 is 5.69 Å². The standard InChI is InChI=1S/C17H15N3O2/c1-18-15-12-16(21)20(14-10-6-3-7-11-14)17(22)19(15)13-8-4-2-5-9-13/h2-12,18H,1H3. The number of nitrogens with zero attached hydrogens (tertiary/aromatic N) is 2. The van der Waals surface area contributed by atoms with E-state index in [-0.39, 0.29) is 5.56 Å². The molecule has 22 heavy (non-hydrogen) atoms. The van der Waals surface area contributed by atoms with Gasteiger partial charge in [0.2, 0.25) is 0 Å².